The van der Waals surface area contributed by atoms with E-state index in [-0.39, 0.29) is 18.2 Å². The van der Waals surface area contributed by atoms with Crippen LogP contribution in [0.15, 0.2) is 59.7 Å². The summed E-state index contributed by atoms with van der Waals surface area (Å²) in [5.41, 5.74) is 0.246. The van der Waals surface area contributed by atoms with Crippen LogP contribution in [0.2, 0.25) is 0 Å². The largest absolute Gasteiger partial charge is 0.497 e. The lowest BCUT2D eigenvalue weighted by Gasteiger charge is -2.11. The van der Waals surface area contributed by atoms with Crippen molar-refractivity contribution in [3.8, 4) is 11.5 Å². The van der Waals surface area contributed by atoms with Crippen LogP contribution in [-0.4, -0.2) is 36.5 Å². The number of carbonyl (C=O) groups is 1. The molecule has 0 aliphatic rings. The highest BCUT2D eigenvalue weighted by Crippen LogP contribution is 2.25. The molecule has 1 heterocycles. The molecule has 0 saturated heterocycles. The molecule has 3 rings (SSSR count). The maximum absolute atomic E-state index is 12.1. The van der Waals surface area contributed by atoms with Crippen LogP contribution in [0.1, 0.15) is 16.4 Å². The molecule has 0 aliphatic heterocycles. The Kier molecular flexibility index (Phi) is 5.22. The average Bonchev–Trinajstić information content (AvgIpc) is 3.14. The second kappa shape index (κ2) is 7.74. The number of benzene rings is 2. The van der Waals surface area contributed by atoms with Crippen LogP contribution in [0.3, 0.4) is 0 Å². The number of carbonyl (C=O) groups excluding carboxylic acids is 1. The van der Waals surface area contributed by atoms with E-state index in [1.165, 1.54) is 11.2 Å². The van der Waals surface area contributed by atoms with Gasteiger partial charge in [-0.05, 0) is 35.0 Å². The maximum atomic E-state index is 12.1. The number of methoxy groups -OCH3 is 1. The Balaban J connectivity index is 1.68. The van der Waals surface area contributed by atoms with E-state index in [9.17, 15) is 4.79 Å². The molecular weight excluding hydrogens is 332 g/mol. The lowest BCUT2D eigenvalue weighted by Crippen LogP contribution is -2.26. The summed E-state index contributed by atoms with van der Waals surface area (Å²) in [6.07, 6.45) is 2.99. The summed E-state index contributed by atoms with van der Waals surface area (Å²) >= 11 is 0. The molecule has 0 bridgehead atoms. The SMILES string of the molecule is C=CCN(C)C(=O)c1coc(COc2ccc3ccc(OC)cc3c2)n1. The Hall–Kier alpha value is -3.28. The molecule has 26 heavy (non-hydrogen) atoms. The number of amides is 1. The third-order valence-electron chi connectivity index (χ3n) is 3.90. The van der Waals surface area contributed by atoms with E-state index >= 15 is 0 Å². The van der Waals surface area contributed by atoms with Crippen molar-refractivity contribution in [3.63, 3.8) is 0 Å². The van der Waals surface area contributed by atoms with Gasteiger partial charge in [0.25, 0.3) is 5.91 Å². The van der Waals surface area contributed by atoms with Gasteiger partial charge >= 0.3 is 0 Å². The third-order valence-corrected chi connectivity index (χ3v) is 3.90. The van der Waals surface area contributed by atoms with Crippen molar-refractivity contribution in [1.82, 2.24) is 9.88 Å². The van der Waals surface area contributed by atoms with E-state index in [0.29, 0.717) is 18.2 Å². The van der Waals surface area contributed by atoms with Crippen molar-refractivity contribution in [2.75, 3.05) is 20.7 Å². The molecule has 6 nitrogen and oxygen atoms in total. The van der Waals surface area contributed by atoms with Crippen molar-refractivity contribution >= 4 is 16.7 Å². The summed E-state index contributed by atoms with van der Waals surface area (Å²) in [4.78, 5) is 17.8. The molecule has 0 atom stereocenters. The molecule has 2 aromatic carbocycles. The van der Waals surface area contributed by atoms with Crippen molar-refractivity contribution in [3.05, 3.63) is 66.9 Å². The molecule has 3 aromatic rings. The highest BCUT2D eigenvalue weighted by Gasteiger charge is 2.16. The number of fused-ring (bicyclic) bond motifs is 1. The van der Waals surface area contributed by atoms with Crippen LogP contribution in [-0.2, 0) is 6.61 Å². The Morgan fingerprint density at radius 1 is 1.23 bits per heavy atom. The fraction of sp³-hybridized carbons (Fsp3) is 0.200. The van der Waals surface area contributed by atoms with E-state index in [4.69, 9.17) is 13.9 Å². The number of nitrogens with zero attached hydrogens (tertiary/aromatic N) is 2. The second-order valence-electron chi connectivity index (χ2n) is 5.76. The standard InChI is InChI=1S/C20H20N2O4/c1-4-9-22(2)20(23)18-12-26-19(21-18)13-25-17-8-6-14-5-7-16(24-3)10-15(14)11-17/h4-8,10-12H,1,9,13H2,2-3H3. The summed E-state index contributed by atoms with van der Waals surface area (Å²) in [6, 6.07) is 11.6. The highest BCUT2D eigenvalue weighted by atomic mass is 16.5. The molecule has 0 radical (unpaired) electrons. The molecule has 0 spiro atoms. The van der Waals surface area contributed by atoms with Gasteiger partial charge in [0.2, 0.25) is 5.89 Å². The number of ether oxygens (including phenoxy) is 2. The lowest BCUT2D eigenvalue weighted by molar-refractivity contribution is 0.0804. The Morgan fingerprint density at radius 2 is 1.96 bits per heavy atom. The van der Waals surface area contributed by atoms with E-state index in [1.807, 2.05) is 36.4 Å². The van der Waals surface area contributed by atoms with Gasteiger partial charge in [-0.25, -0.2) is 4.98 Å². The number of likely N-dealkylation sites (N-methyl/N-ethyl adjacent to an activating group) is 1. The van der Waals surface area contributed by atoms with Crippen molar-refractivity contribution in [2.24, 2.45) is 0 Å². The molecule has 1 aromatic heterocycles. The summed E-state index contributed by atoms with van der Waals surface area (Å²) in [6.45, 7) is 4.19. The Bertz CT molecular complexity index is 932. The van der Waals surface area contributed by atoms with Gasteiger partial charge in [0, 0.05) is 13.6 Å². The fourth-order valence-corrected chi connectivity index (χ4v) is 2.51. The first-order valence-corrected chi connectivity index (χ1v) is 8.12. The second-order valence-corrected chi connectivity index (χ2v) is 5.76. The minimum Gasteiger partial charge on any atom is -0.497 e. The topological polar surface area (TPSA) is 64.8 Å². The van der Waals surface area contributed by atoms with E-state index in [1.54, 1.807) is 20.2 Å². The fourth-order valence-electron chi connectivity index (χ4n) is 2.51. The van der Waals surface area contributed by atoms with Gasteiger partial charge in [-0.15, -0.1) is 6.58 Å². The average molecular weight is 352 g/mol. The van der Waals surface area contributed by atoms with Crippen molar-refractivity contribution < 1.29 is 18.7 Å². The van der Waals surface area contributed by atoms with E-state index in [2.05, 4.69) is 11.6 Å². The number of aromatic nitrogens is 1. The summed E-state index contributed by atoms with van der Waals surface area (Å²) in [5.74, 6) is 1.58. The van der Waals surface area contributed by atoms with Gasteiger partial charge in [0.15, 0.2) is 12.3 Å². The van der Waals surface area contributed by atoms with Gasteiger partial charge in [0.1, 0.15) is 17.8 Å². The first kappa shape index (κ1) is 17.5. The molecule has 0 fully saturated rings. The van der Waals surface area contributed by atoms with Crippen molar-refractivity contribution in [2.45, 2.75) is 6.61 Å². The summed E-state index contributed by atoms with van der Waals surface area (Å²) in [5, 5.41) is 2.10. The first-order chi connectivity index (χ1) is 12.6. The molecule has 6 heteroatoms. The smallest absolute Gasteiger partial charge is 0.275 e. The zero-order valence-corrected chi connectivity index (χ0v) is 14.8. The number of oxazole rings is 1. The predicted octanol–water partition coefficient (Wildman–Crippen LogP) is 3.67. The predicted molar refractivity (Wildman–Crippen MR) is 98.5 cm³/mol. The third kappa shape index (κ3) is 3.85. The van der Waals surface area contributed by atoms with Crippen LogP contribution in [0, 0.1) is 0 Å². The van der Waals surface area contributed by atoms with Gasteiger partial charge in [0.05, 0.1) is 7.11 Å². The van der Waals surface area contributed by atoms with Crippen LogP contribution in [0.4, 0.5) is 0 Å². The van der Waals surface area contributed by atoms with Gasteiger partial charge in [-0.3, -0.25) is 4.79 Å². The summed E-state index contributed by atoms with van der Waals surface area (Å²) < 4.78 is 16.3. The molecule has 0 aliphatic carbocycles. The normalized spacial score (nSPS) is 10.5. The zero-order chi connectivity index (χ0) is 18.5. The zero-order valence-electron chi connectivity index (χ0n) is 14.8. The highest BCUT2D eigenvalue weighted by molar-refractivity contribution is 5.91. The van der Waals surface area contributed by atoms with Gasteiger partial charge in [-0.1, -0.05) is 18.2 Å². The first-order valence-electron chi connectivity index (χ1n) is 8.12. The lowest BCUT2D eigenvalue weighted by atomic mass is 10.1. The minimum atomic E-state index is -0.224. The summed E-state index contributed by atoms with van der Waals surface area (Å²) in [7, 11) is 3.31. The molecule has 0 saturated carbocycles. The van der Waals surface area contributed by atoms with Gasteiger partial charge < -0.3 is 18.8 Å². The van der Waals surface area contributed by atoms with Crippen LogP contribution in [0.25, 0.3) is 10.8 Å². The minimum absolute atomic E-state index is 0.133. The van der Waals surface area contributed by atoms with E-state index < -0.39 is 0 Å². The van der Waals surface area contributed by atoms with Gasteiger partial charge in [-0.2, -0.15) is 0 Å². The van der Waals surface area contributed by atoms with Crippen molar-refractivity contribution in [1.29, 1.82) is 0 Å². The monoisotopic (exact) mass is 352 g/mol. The molecule has 1 amide bonds. The molecular formula is C20H20N2O4. The van der Waals surface area contributed by atoms with Crippen LogP contribution < -0.4 is 9.47 Å². The molecule has 0 N–H and O–H groups in total. The number of hydrogen-bond donors (Lipinski definition) is 0. The number of rotatable bonds is 7. The van der Waals surface area contributed by atoms with Crippen LogP contribution >= 0.6 is 0 Å². The Morgan fingerprint density at radius 3 is 2.69 bits per heavy atom. The molecule has 0 unspecified atom stereocenters. The Labute approximate surface area is 151 Å². The van der Waals surface area contributed by atoms with E-state index in [0.717, 1.165) is 16.5 Å². The maximum Gasteiger partial charge on any atom is 0.275 e. The quantitative estimate of drug-likeness (QED) is 0.607. The molecule has 134 valence electrons. The van der Waals surface area contributed by atoms with Crippen LogP contribution in [0.5, 0.6) is 11.5 Å². The number of hydrogen-bond acceptors (Lipinski definition) is 5.